The van der Waals surface area contributed by atoms with Crippen LogP contribution in [0.5, 0.6) is 0 Å². The van der Waals surface area contributed by atoms with Crippen molar-refractivity contribution < 1.29 is 14.8 Å². The van der Waals surface area contributed by atoms with Gasteiger partial charge in [0.25, 0.3) is 5.91 Å². The zero-order valence-corrected chi connectivity index (χ0v) is 11.6. The summed E-state index contributed by atoms with van der Waals surface area (Å²) in [5.74, 6) is -0.402. The molecule has 2 aromatic carbocycles. The van der Waals surface area contributed by atoms with E-state index < -0.39 is 13.0 Å². The molecule has 20 heavy (non-hydrogen) atoms. The van der Waals surface area contributed by atoms with Crippen LogP contribution >= 0.6 is 11.6 Å². The molecular weight excluding hydrogens is 276 g/mol. The van der Waals surface area contributed by atoms with Crippen molar-refractivity contribution in [2.75, 3.05) is 5.32 Å². The Labute approximate surface area is 122 Å². The van der Waals surface area contributed by atoms with Crippen LogP contribution in [-0.4, -0.2) is 23.1 Å². The van der Waals surface area contributed by atoms with Crippen molar-refractivity contribution in [1.29, 1.82) is 0 Å². The molecule has 0 radical (unpaired) electrons. The molecule has 0 aliphatic carbocycles. The van der Waals surface area contributed by atoms with Crippen molar-refractivity contribution in [1.82, 2.24) is 0 Å². The first-order valence-electron chi connectivity index (χ1n) is 6.01. The Bertz CT molecular complexity index is 629. The minimum absolute atomic E-state index is 0.192. The second-order valence-corrected chi connectivity index (χ2v) is 4.84. The fourth-order valence-corrected chi connectivity index (χ4v) is 1.92. The lowest BCUT2D eigenvalue weighted by Gasteiger charge is -2.09. The van der Waals surface area contributed by atoms with E-state index in [1.807, 2.05) is 19.1 Å². The maximum atomic E-state index is 12.1. The quantitative estimate of drug-likeness (QED) is 0.751. The molecule has 1 amide bonds. The van der Waals surface area contributed by atoms with E-state index in [1.165, 1.54) is 18.2 Å². The van der Waals surface area contributed by atoms with Gasteiger partial charge in [-0.1, -0.05) is 35.4 Å². The van der Waals surface area contributed by atoms with Crippen LogP contribution < -0.4 is 10.8 Å². The van der Waals surface area contributed by atoms with Gasteiger partial charge in [0.1, 0.15) is 0 Å². The summed E-state index contributed by atoms with van der Waals surface area (Å²) < 4.78 is 0. The summed E-state index contributed by atoms with van der Waals surface area (Å²) in [6.07, 6.45) is 0. The van der Waals surface area contributed by atoms with E-state index >= 15 is 0 Å². The van der Waals surface area contributed by atoms with Crippen LogP contribution in [0.25, 0.3) is 0 Å². The van der Waals surface area contributed by atoms with E-state index in [-0.39, 0.29) is 16.0 Å². The predicted octanol–water partition coefficient (Wildman–Crippen LogP) is 1.58. The maximum absolute atomic E-state index is 12.1. The lowest BCUT2D eigenvalue weighted by molar-refractivity contribution is 0.102. The fourth-order valence-electron chi connectivity index (χ4n) is 1.71. The maximum Gasteiger partial charge on any atom is 0.488 e. The minimum atomic E-state index is -1.64. The average molecular weight is 290 g/mol. The molecule has 0 bridgehead atoms. The van der Waals surface area contributed by atoms with Gasteiger partial charge in [0.2, 0.25) is 0 Å². The van der Waals surface area contributed by atoms with Crippen LogP contribution in [0.3, 0.4) is 0 Å². The topological polar surface area (TPSA) is 69.6 Å². The van der Waals surface area contributed by atoms with Crippen LogP contribution in [0.4, 0.5) is 5.69 Å². The second-order valence-electron chi connectivity index (χ2n) is 4.43. The number of hydrogen-bond acceptors (Lipinski definition) is 3. The van der Waals surface area contributed by atoms with Crippen LogP contribution in [0.1, 0.15) is 15.9 Å². The number of nitrogens with one attached hydrogen (secondary N) is 1. The lowest BCUT2D eigenvalue weighted by atomic mass is 9.79. The highest BCUT2D eigenvalue weighted by atomic mass is 35.5. The molecule has 4 nitrogen and oxygen atoms in total. The molecular formula is C14H13BClNO3. The molecule has 2 aromatic rings. The summed E-state index contributed by atoms with van der Waals surface area (Å²) in [5.41, 5.74) is 2.14. The molecule has 102 valence electrons. The molecule has 6 heteroatoms. The van der Waals surface area contributed by atoms with Gasteiger partial charge >= 0.3 is 7.12 Å². The third-order valence-electron chi connectivity index (χ3n) is 2.84. The van der Waals surface area contributed by atoms with Crippen LogP contribution in [-0.2, 0) is 0 Å². The number of carbonyl (C=O) groups is 1. The number of amides is 1. The largest absolute Gasteiger partial charge is 0.488 e. The van der Waals surface area contributed by atoms with E-state index in [9.17, 15) is 4.79 Å². The van der Waals surface area contributed by atoms with Crippen molar-refractivity contribution in [3.8, 4) is 0 Å². The Balaban J connectivity index is 2.24. The molecule has 0 fully saturated rings. The first-order chi connectivity index (χ1) is 9.47. The molecule has 3 N–H and O–H groups in total. The predicted molar refractivity (Wildman–Crippen MR) is 80.4 cm³/mol. The molecule has 2 rings (SSSR count). The van der Waals surface area contributed by atoms with Gasteiger partial charge < -0.3 is 15.4 Å². The molecule has 0 aromatic heterocycles. The van der Waals surface area contributed by atoms with Gasteiger partial charge in [0.05, 0.1) is 10.6 Å². The number of hydrogen-bond donors (Lipinski definition) is 3. The average Bonchev–Trinajstić information content (AvgIpc) is 2.41. The summed E-state index contributed by atoms with van der Waals surface area (Å²) in [4.78, 5) is 12.1. The standard InChI is InChI=1S/C14H13BClNO3/c1-9-2-5-11(6-3-9)17-14(18)12-8-10(15(19)20)4-7-13(12)16/h2-8,19-20H,1H3,(H,17,18). The summed E-state index contributed by atoms with van der Waals surface area (Å²) in [6.45, 7) is 1.95. The third-order valence-corrected chi connectivity index (χ3v) is 3.17. The van der Waals surface area contributed by atoms with E-state index in [0.717, 1.165) is 5.56 Å². The fraction of sp³-hybridized carbons (Fsp3) is 0.0714. The van der Waals surface area contributed by atoms with Crippen LogP contribution in [0, 0.1) is 6.92 Å². The second kappa shape index (κ2) is 6.09. The highest BCUT2D eigenvalue weighted by Gasteiger charge is 2.16. The molecule has 0 saturated heterocycles. The van der Waals surface area contributed by atoms with Crippen LogP contribution in [0.2, 0.25) is 5.02 Å². The summed E-state index contributed by atoms with van der Waals surface area (Å²) in [5, 5.41) is 21.2. The SMILES string of the molecule is Cc1ccc(NC(=O)c2cc(B(O)O)ccc2Cl)cc1. The Morgan fingerprint density at radius 2 is 1.80 bits per heavy atom. The number of anilines is 1. The molecule has 0 saturated carbocycles. The molecule has 0 aliphatic rings. The van der Waals surface area contributed by atoms with Gasteiger partial charge in [-0.3, -0.25) is 4.79 Å². The number of halogens is 1. The highest BCUT2D eigenvalue weighted by molar-refractivity contribution is 6.59. The van der Waals surface area contributed by atoms with Crippen molar-refractivity contribution in [2.45, 2.75) is 6.92 Å². The minimum Gasteiger partial charge on any atom is -0.423 e. The summed E-state index contributed by atoms with van der Waals surface area (Å²) in [6, 6.07) is 11.6. The van der Waals surface area contributed by atoms with Gasteiger partial charge in [0, 0.05) is 5.69 Å². The Hall–Kier alpha value is -1.82. The smallest absolute Gasteiger partial charge is 0.423 e. The Morgan fingerprint density at radius 3 is 2.40 bits per heavy atom. The van der Waals surface area contributed by atoms with E-state index in [0.29, 0.717) is 5.69 Å². The zero-order chi connectivity index (χ0) is 14.7. The third kappa shape index (κ3) is 3.39. The summed E-state index contributed by atoms with van der Waals surface area (Å²) >= 11 is 5.96. The first-order valence-corrected chi connectivity index (χ1v) is 6.39. The van der Waals surface area contributed by atoms with Crippen molar-refractivity contribution in [3.63, 3.8) is 0 Å². The van der Waals surface area contributed by atoms with Gasteiger partial charge in [0.15, 0.2) is 0 Å². The summed E-state index contributed by atoms with van der Waals surface area (Å²) in [7, 11) is -1.64. The van der Waals surface area contributed by atoms with Crippen molar-refractivity contribution in [2.24, 2.45) is 0 Å². The molecule has 0 atom stereocenters. The Kier molecular flexibility index (Phi) is 4.44. The lowest BCUT2D eigenvalue weighted by Crippen LogP contribution is -2.31. The molecule has 0 spiro atoms. The molecule has 0 aliphatic heterocycles. The van der Waals surface area contributed by atoms with E-state index in [1.54, 1.807) is 12.1 Å². The van der Waals surface area contributed by atoms with E-state index in [2.05, 4.69) is 5.32 Å². The molecule has 0 unspecified atom stereocenters. The van der Waals surface area contributed by atoms with Crippen molar-refractivity contribution >= 4 is 35.8 Å². The van der Waals surface area contributed by atoms with Crippen LogP contribution in [0.15, 0.2) is 42.5 Å². The first kappa shape index (κ1) is 14.6. The highest BCUT2D eigenvalue weighted by Crippen LogP contribution is 2.17. The monoisotopic (exact) mass is 289 g/mol. The van der Waals surface area contributed by atoms with Gasteiger partial charge in [-0.25, -0.2) is 0 Å². The molecule has 0 heterocycles. The number of aryl methyl sites for hydroxylation is 1. The van der Waals surface area contributed by atoms with Gasteiger partial charge in [-0.05, 0) is 36.7 Å². The number of carbonyl (C=O) groups excluding carboxylic acids is 1. The number of rotatable bonds is 3. The van der Waals surface area contributed by atoms with E-state index in [4.69, 9.17) is 21.6 Å². The van der Waals surface area contributed by atoms with Crippen molar-refractivity contribution in [3.05, 3.63) is 58.6 Å². The van der Waals surface area contributed by atoms with Gasteiger partial charge in [-0.2, -0.15) is 0 Å². The van der Waals surface area contributed by atoms with Gasteiger partial charge in [-0.15, -0.1) is 0 Å². The zero-order valence-electron chi connectivity index (χ0n) is 10.8. The number of benzene rings is 2. The Morgan fingerprint density at radius 1 is 1.15 bits per heavy atom. The normalized spacial score (nSPS) is 10.2.